The molecule has 0 spiro atoms. The van der Waals surface area contributed by atoms with Crippen LogP contribution in [0.3, 0.4) is 0 Å². The number of hydrogen-bond donors (Lipinski definition) is 0. The molecule has 16 heavy (non-hydrogen) atoms. The summed E-state index contributed by atoms with van der Waals surface area (Å²) in [7, 11) is 0. The number of aromatic nitrogens is 2. The Morgan fingerprint density at radius 1 is 1.00 bits per heavy atom. The standard InChI is InChI=1S/C12H7FN2O/c13-8-5-6-10-12(7-8)15(16)11-4-2-1-3-9(11)14-10/h1-7H. The van der Waals surface area contributed by atoms with Gasteiger partial charge in [-0.25, -0.2) is 9.37 Å². The quantitative estimate of drug-likeness (QED) is 0.327. The van der Waals surface area contributed by atoms with Gasteiger partial charge in [0.2, 0.25) is 11.0 Å². The predicted molar refractivity (Wildman–Crippen MR) is 58.2 cm³/mol. The van der Waals surface area contributed by atoms with Gasteiger partial charge in [0.1, 0.15) is 16.9 Å². The van der Waals surface area contributed by atoms with Crippen molar-refractivity contribution in [3.63, 3.8) is 0 Å². The van der Waals surface area contributed by atoms with Crippen molar-refractivity contribution in [2.24, 2.45) is 0 Å². The molecule has 1 aromatic heterocycles. The van der Waals surface area contributed by atoms with Crippen molar-refractivity contribution in [3.05, 3.63) is 53.5 Å². The molecule has 2 aromatic carbocycles. The molecule has 4 heteroatoms. The lowest BCUT2D eigenvalue weighted by atomic mass is 10.2. The van der Waals surface area contributed by atoms with Crippen LogP contribution in [-0.4, -0.2) is 4.98 Å². The molecule has 0 fully saturated rings. The monoisotopic (exact) mass is 214 g/mol. The SMILES string of the molecule is [O-][n+]1c2ccccc2nc2ccc(F)cc21. The average Bonchev–Trinajstić information content (AvgIpc) is 2.31. The molecule has 0 saturated heterocycles. The number of benzene rings is 2. The van der Waals surface area contributed by atoms with E-state index < -0.39 is 5.82 Å². The van der Waals surface area contributed by atoms with Crippen LogP contribution >= 0.6 is 0 Å². The minimum absolute atomic E-state index is 0.249. The van der Waals surface area contributed by atoms with Crippen LogP contribution < -0.4 is 4.73 Å². The van der Waals surface area contributed by atoms with Crippen molar-refractivity contribution in [1.82, 2.24) is 4.98 Å². The van der Waals surface area contributed by atoms with Gasteiger partial charge in [0.15, 0.2) is 0 Å². The topological polar surface area (TPSA) is 39.8 Å². The van der Waals surface area contributed by atoms with Gasteiger partial charge in [0, 0.05) is 12.1 Å². The summed E-state index contributed by atoms with van der Waals surface area (Å²) < 4.78 is 13.7. The molecule has 0 aliphatic heterocycles. The zero-order valence-corrected chi connectivity index (χ0v) is 8.22. The van der Waals surface area contributed by atoms with Gasteiger partial charge >= 0.3 is 0 Å². The van der Waals surface area contributed by atoms with Gasteiger partial charge in [0.25, 0.3) is 0 Å². The van der Waals surface area contributed by atoms with Crippen molar-refractivity contribution in [1.29, 1.82) is 0 Å². The van der Waals surface area contributed by atoms with E-state index in [1.807, 2.05) is 6.07 Å². The number of rotatable bonds is 0. The molecular weight excluding hydrogens is 207 g/mol. The normalized spacial score (nSPS) is 11.1. The molecule has 78 valence electrons. The number of halogens is 1. The van der Waals surface area contributed by atoms with E-state index in [0.717, 1.165) is 0 Å². The lowest BCUT2D eigenvalue weighted by Gasteiger charge is -2.04. The summed E-state index contributed by atoms with van der Waals surface area (Å²) in [6.45, 7) is 0. The third kappa shape index (κ3) is 1.20. The van der Waals surface area contributed by atoms with Crippen molar-refractivity contribution in [2.45, 2.75) is 0 Å². The van der Waals surface area contributed by atoms with Crippen molar-refractivity contribution in [2.75, 3.05) is 0 Å². The summed E-state index contributed by atoms with van der Waals surface area (Å²) in [6, 6.07) is 11.0. The van der Waals surface area contributed by atoms with Crippen LogP contribution in [0.2, 0.25) is 0 Å². The molecule has 3 aromatic rings. The van der Waals surface area contributed by atoms with Crippen LogP contribution in [0.4, 0.5) is 4.39 Å². The molecular formula is C12H7FN2O. The Labute approximate surface area is 90.4 Å². The number of nitrogens with zero attached hydrogens (tertiary/aromatic N) is 2. The highest BCUT2D eigenvalue weighted by Crippen LogP contribution is 2.14. The van der Waals surface area contributed by atoms with E-state index in [2.05, 4.69) is 4.98 Å². The van der Waals surface area contributed by atoms with E-state index in [0.29, 0.717) is 21.3 Å². The molecule has 0 radical (unpaired) electrons. The third-order valence-corrected chi connectivity index (χ3v) is 2.50. The van der Waals surface area contributed by atoms with Crippen LogP contribution in [0.5, 0.6) is 0 Å². The first-order valence-electron chi connectivity index (χ1n) is 4.83. The molecule has 0 N–H and O–H groups in total. The van der Waals surface area contributed by atoms with Crippen LogP contribution in [0.15, 0.2) is 42.5 Å². The zero-order valence-electron chi connectivity index (χ0n) is 8.22. The fourth-order valence-electron chi connectivity index (χ4n) is 1.74. The lowest BCUT2D eigenvalue weighted by molar-refractivity contribution is -0.548. The highest BCUT2D eigenvalue weighted by molar-refractivity contribution is 5.81. The molecule has 0 bridgehead atoms. The Hall–Kier alpha value is -2.23. The molecule has 3 nitrogen and oxygen atoms in total. The maximum Gasteiger partial charge on any atom is 0.245 e. The summed E-state index contributed by atoms with van der Waals surface area (Å²) in [5, 5.41) is 12.0. The third-order valence-electron chi connectivity index (χ3n) is 2.50. The second kappa shape index (κ2) is 3.13. The van der Waals surface area contributed by atoms with Gasteiger partial charge in [0.05, 0.1) is 0 Å². The van der Waals surface area contributed by atoms with Crippen LogP contribution in [0, 0.1) is 11.0 Å². The first-order valence-corrected chi connectivity index (χ1v) is 4.83. The van der Waals surface area contributed by atoms with E-state index in [-0.39, 0.29) is 5.52 Å². The zero-order chi connectivity index (χ0) is 11.1. The van der Waals surface area contributed by atoms with Crippen molar-refractivity contribution < 1.29 is 9.12 Å². The van der Waals surface area contributed by atoms with Gasteiger partial charge in [-0.3, -0.25) is 0 Å². The second-order valence-electron chi connectivity index (χ2n) is 3.53. The maximum atomic E-state index is 13.0. The molecule has 0 saturated carbocycles. The van der Waals surface area contributed by atoms with Gasteiger partial charge in [-0.15, -0.1) is 0 Å². The molecule has 0 aliphatic rings. The average molecular weight is 214 g/mol. The number of fused-ring (bicyclic) bond motifs is 2. The van der Waals surface area contributed by atoms with Gasteiger partial charge in [-0.05, 0) is 18.2 Å². The molecule has 3 rings (SSSR count). The Bertz CT molecular complexity index is 697. The first-order chi connectivity index (χ1) is 7.75. The van der Waals surface area contributed by atoms with Crippen LogP contribution in [0.1, 0.15) is 0 Å². The number of para-hydroxylation sites is 2. The van der Waals surface area contributed by atoms with Crippen LogP contribution in [0.25, 0.3) is 22.1 Å². The van der Waals surface area contributed by atoms with E-state index in [9.17, 15) is 9.60 Å². The summed E-state index contributed by atoms with van der Waals surface area (Å²) in [4.78, 5) is 4.29. The molecule has 0 atom stereocenters. The smallest absolute Gasteiger partial charge is 0.245 e. The van der Waals surface area contributed by atoms with Crippen molar-refractivity contribution >= 4 is 22.1 Å². The van der Waals surface area contributed by atoms with Gasteiger partial charge < -0.3 is 5.21 Å². The number of hydrogen-bond acceptors (Lipinski definition) is 2. The van der Waals surface area contributed by atoms with Crippen LogP contribution in [-0.2, 0) is 0 Å². The van der Waals surface area contributed by atoms with E-state index in [1.54, 1.807) is 18.2 Å². The Kier molecular flexibility index (Phi) is 1.77. The molecule has 1 heterocycles. The van der Waals surface area contributed by atoms with Gasteiger partial charge in [-0.2, -0.15) is 4.73 Å². The minimum Gasteiger partial charge on any atom is -0.618 e. The summed E-state index contributed by atoms with van der Waals surface area (Å²) in [6.07, 6.45) is 0. The highest BCUT2D eigenvalue weighted by Gasteiger charge is 2.11. The fraction of sp³-hybridized carbons (Fsp3) is 0. The Morgan fingerprint density at radius 3 is 2.62 bits per heavy atom. The Morgan fingerprint density at radius 2 is 1.75 bits per heavy atom. The summed E-state index contributed by atoms with van der Waals surface area (Å²) >= 11 is 0. The first kappa shape index (κ1) is 9.03. The van der Waals surface area contributed by atoms with E-state index in [1.165, 1.54) is 18.2 Å². The Balaban J connectivity index is 2.56. The molecule has 0 amide bonds. The van der Waals surface area contributed by atoms with E-state index >= 15 is 0 Å². The maximum absolute atomic E-state index is 13.0. The minimum atomic E-state index is -0.436. The molecule has 0 aliphatic carbocycles. The predicted octanol–water partition coefficient (Wildman–Crippen LogP) is 2.16. The molecule has 0 unspecified atom stereocenters. The lowest BCUT2D eigenvalue weighted by Crippen LogP contribution is -2.28. The van der Waals surface area contributed by atoms with Gasteiger partial charge in [-0.1, -0.05) is 12.1 Å². The highest BCUT2D eigenvalue weighted by atomic mass is 19.1. The largest absolute Gasteiger partial charge is 0.618 e. The second-order valence-corrected chi connectivity index (χ2v) is 3.53. The fourth-order valence-corrected chi connectivity index (χ4v) is 1.74. The van der Waals surface area contributed by atoms with Crippen molar-refractivity contribution in [3.8, 4) is 0 Å². The summed E-state index contributed by atoms with van der Waals surface area (Å²) in [5.74, 6) is -0.436. The van der Waals surface area contributed by atoms with E-state index in [4.69, 9.17) is 0 Å². The summed E-state index contributed by atoms with van der Waals surface area (Å²) in [5.41, 5.74) is 1.80.